The third-order valence-corrected chi connectivity index (χ3v) is 3.33. The van der Waals surface area contributed by atoms with Gasteiger partial charge in [0.2, 0.25) is 0 Å². The Hall–Kier alpha value is -2.29. The highest BCUT2D eigenvalue weighted by Crippen LogP contribution is 2.29. The molecule has 3 nitrogen and oxygen atoms in total. The summed E-state index contributed by atoms with van der Waals surface area (Å²) in [5.74, 6) is 0.287. The van der Waals surface area contributed by atoms with Crippen molar-refractivity contribution in [2.75, 3.05) is 0 Å². The van der Waals surface area contributed by atoms with Gasteiger partial charge in [-0.2, -0.15) is 0 Å². The van der Waals surface area contributed by atoms with Crippen LogP contribution in [0.5, 0.6) is 5.75 Å². The third-order valence-electron chi connectivity index (χ3n) is 3.33. The summed E-state index contributed by atoms with van der Waals surface area (Å²) in [7, 11) is 2.00. The minimum atomic E-state index is 0.287. The van der Waals surface area contributed by atoms with Crippen LogP contribution in [0.2, 0.25) is 0 Å². The maximum absolute atomic E-state index is 9.33. The first kappa shape index (κ1) is 10.8. The quantitative estimate of drug-likeness (QED) is 0.706. The summed E-state index contributed by atoms with van der Waals surface area (Å²) < 4.78 is 2.02. The number of imidazole rings is 1. The van der Waals surface area contributed by atoms with Gasteiger partial charge < -0.3 is 9.67 Å². The van der Waals surface area contributed by atoms with Crippen LogP contribution in [0, 0.1) is 6.92 Å². The summed E-state index contributed by atoms with van der Waals surface area (Å²) in [5.41, 5.74) is 5.58. The standard InChI is InChI=1S/C15H14N2O/c1-10-13(11-3-5-12(18)6-4-11)7-8-14-15(10)16-9-17(14)2/h3-9,18H,1-2H3. The summed E-state index contributed by atoms with van der Waals surface area (Å²) >= 11 is 0. The van der Waals surface area contributed by atoms with Crippen LogP contribution >= 0.6 is 0 Å². The van der Waals surface area contributed by atoms with Crippen LogP contribution in [-0.2, 0) is 7.05 Å². The first-order valence-electron chi connectivity index (χ1n) is 5.87. The van der Waals surface area contributed by atoms with Gasteiger partial charge in [-0.3, -0.25) is 0 Å². The lowest BCUT2D eigenvalue weighted by Gasteiger charge is -2.07. The van der Waals surface area contributed by atoms with E-state index in [9.17, 15) is 5.11 Å². The van der Waals surface area contributed by atoms with Gasteiger partial charge in [0.25, 0.3) is 0 Å². The number of aryl methyl sites for hydroxylation is 2. The number of hydrogen-bond donors (Lipinski definition) is 1. The lowest BCUT2D eigenvalue weighted by Crippen LogP contribution is -1.88. The van der Waals surface area contributed by atoms with E-state index in [1.165, 1.54) is 5.56 Å². The molecule has 2 aromatic carbocycles. The van der Waals surface area contributed by atoms with Crippen molar-refractivity contribution in [1.29, 1.82) is 0 Å². The van der Waals surface area contributed by atoms with E-state index >= 15 is 0 Å². The minimum absolute atomic E-state index is 0.287. The molecule has 3 heteroatoms. The average molecular weight is 238 g/mol. The normalized spacial score (nSPS) is 11.0. The van der Waals surface area contributed by atoms with Gasteiger partial charge in [-0.1, -0.05) is 18.2 Å². The van der Waals surface area contributed by atoms with Gasteiger partial charge in [-0.25, -0.2) is 4.98 Å². The highest BCUT2D eigenvalue weighted by molar-refractivity contribution is 5.86. The Morgan fingerprint density at radius 2 is 1.78 bits per heavy atom. The fraction of sp³-hybridized carbons (Fsp3) is 0.133. The molecule has 0 saturated carbocycles. The molecule has 1 aromatic heterocycles. The average Bonchev–Trinajstić information content (AvgIpc) is 2.74. The molecule has 1 heterocycles. The smallest absolute Gasteiger partial charge is 0.115 e. The van der Waals surface area contributed by atoms with Gasteiger partial charge >= 0.3 is 0 Å². The fourth-order valence-electron chi connectivity index (χ4n) is 2.29. The lowest BCUT2D eigenvalue weighted by atomic mass is 9.99. The van der Waals surface area contributed by atoms with Crippen molar-refractivity contribution >= 4 is 11.0 Å². The van der Waals surface area contributed by atoms with Crippen LogP contribution in [0.3, 0.4) is 0 Å². The Morgan fingerprint density at radius 1 is 1.06 bits per heavy atom. The van der Waals surface area contributed by atoms with E-state index < -0.39 is 0 Å². The van der Waals surface area contributed by atoms with E-state index in [0.29, 0.717) is 0 Å². The van der Waals surface area contributed by atoms with Crippen molar-refractivity contribution in [1.82, 2.24) is 9.55 Å². The van der Waals surface area contributed by atoms with E-state index in [1.54, 1.807) is 12.1 Å². The van der Waals surface area contributed by atoms with Gasteiger partial charge in [-0.15, -0.1) is 0 Å². The van der Waals surface area contributed by atoms with Gasteiger partial charge in [0.15, 0.2) is 0 Å². The van der Waals surface area contributed by atoms with Crippen molar-refractivity contribution < 1.29 is 5.11 Å². The minimum Gasteiger partial charge on any atom is -0.508 e. The molecule has 0 fully saturated rings. The van der Waals surface area contributed by atoms with Gasteiger partial charge in [0, 0.05) is 7.05 Å². The number of hydrogen-bond acceptors (Lipinski definition) is 2. The third kappa shape index (κ3) is 1.56. The Kier molecular flexibility index (Phi) is 2.33. The molecule has 0 atom stereocenters. The number of benzene rings is 2. The molecule has 18 heavy (non-hydrogen) atoms. The van der Waals surface area contributed by atoms with E-state index in [2.05, 4.69) is 24.0 Å². The predicted octanol–water partition coefficient (Wildman–Crippen LogP) is 3.25. The van der Waals surface area contributed by atoms with Crippen molar-refractivity contribution in [2.24, 2.45) is 7.05 Å². The van der Waals surface area contributed by atoms with Gasteiger partial charge in [0.05, 0.1) is 17.4 Å². The van der Waals surface area contributed by atoms with Crippen molar-refractivity contribution in [2.45, 2.75) is 6.92 Å². The van der Waals surface area contributed by atoms with Crippen LogP contribution in [0.1, 0.15) is 5.56 Å². The van der Waals surface area contributed by atoms with Crippen LogP contribution in [-0.4, -0.2) is 14.7 Å². The molecule has 0 amide bonds. The molecular formula is C15H14N2O. The summed E-state index contributed by atoms with van der Waals surface area (Å²) in [4.78, 5) is 4.44. The predicted molar refractivity (Wildman–Crippen MR) is 72.6 cm³/mol. The second-order valence-corrected chi connectivity index (χ2v) is 4.51. The number of aromatic nitrogens is 2. The molecule has 0 bridgehead atoms. The number of fused-ring (bicyclic) bond motifs is 1. The van der Waals surface area contributed by atoms with Crippen molar-refractivity contribution in [3.63, 3.8) is 0 Å². The first-order valence-corrected chi connectivity index (χ1v) is 5.87. The highest BCUT2D eigenvalue weighted by Gasteiger charge is 2.08. The number of nitrogens with zero attached hydrogens (tertiary/aromatic N) is 2. The second kappa shape index (κ2) is 3.88. The SMILES string of the molecule is Cc1c(-c2ccc(O)cc2)ccc2c1ncn2C. The van der Waals surface area contributed by atoms with Crippen LogP contribution in [0.15, 0.2) is 42.7 Å². The Balaban J connectivity index is 2.23. The highest BCUT2D eigenvalue weighted by atomic mass is 16.3. The molecule has 0 aliphatic carbocycles. The monoisotopic (exact) mass is 238 g/mol. The molecule has 0 radical (unpaired) electrons. The molecule has 0 spiro atoms. The zero-order valence-corrected chi connectivity index (χ0v) is 10.4. The van der Waals surface area contributed by atoms with Crippen molar-refractivity contribution in [3.8, 4) is 16.9 Å². The van der Waals surface area contributed by atoms with Gasteiger partial charge in [0.1, 0.15) is 5.75 Å². The zero-order valence-electron chi connectivity index (χ0n) is 10.4. The molecule has 0 aliphatic heterocycles. The van der Waals surface area contributed by atoms with Crippen LogP contribution in [0.4, 0.5) is 0 Å². The molecule has 1 N–H and O–H groups in total. The number of aromatic hydroxyl groups is 1. The second-order valence-electron chi connectivity index (χ2n) is 4.51. The number of rotatable bonds is 1. The topological polar surface area (TPSA) is 38.1 Å². The number of phenols is 1. The summed E-state index contributed by atoms with van der Waals surface area (Å²) in [5, 5.41) is 9.33. The molecule has 0 aliphatic rings. The van der Waals surface area contributed by atoms with E-state index in [0.717, 1.165) is 22.2 Å². The maximum atomic E-state index is 9.33. The molecule has 0 unspecified atom stereocenters. The van der Waals surface area contributed by atoms with E-state index in [4.69, 9.17) is 0 Å². The van der Waals surface area contributed by atoms with E-state index in [-0.39, 0.29) is 5.75 Å². The zero-order chi connectivity index (χ0) is 12.7. The van der Waals surface area contributed by atoms with Crippen LogP contribution < -0.4 is 0 Å². The molecule has 3 aromatic rings. The largest absolute Gasteiger partial charge is 0.508 e. The molecule has 3 rings (SSSR count). The first-order chi connectivity index (χ1) is 8.66. The summed E-state index contributed by atoms with van der Waals surface area (Å²) in [6.45, 7) is 2.08. The molecular weight excluding hydrogens is 224 g/mol. The summed E-state index contributed by atoms with van der Waals surface area (Å²) in [6.07, 6.45) is 1.83. The van der Waals surface area contributed by atoms with E-state index in [1.807, 2.05) is 30.1 Å². The summed E-state index contributed by atoms with van der Waals surface area (Å²) in [6, 6.07) is 11.4. The fourth-order valence-corrected chi connectivity index (χ4v) is 2.29. The molecule has 90 valence electrons. The Bertz CT molecular complexity index is 711. The molecule has 0 saturated heterocycles. The van der Waals surface area contributed by atoms with Crippen molar-refractivity contribution in [3.05, 3.63) is 48.3 Å². The lowest BCUT2D eigenvalue weighted by molar-refractivity contribution is 0.475. The van der Waals surface area contributed by atoms with Crippen LogP contribution in [0.25, 0.3) is 22.2 Å². The number of phenolic OH excluding ortho intramolecular Hbond substituents is 1. The van der Waals surface area contributed by atoms with Gasteiger partial charge in [-0.05, 0) is 41.8 Å². The Morgan fingerprint density at radius 3 is 2.50 bits per heavy atom. The Labute approximate surface area is 105 Å². The maximum Gasteiger partial charge on any atom is 0.115 e.